The van der Waals surface area contributed by atoms with Gasteiger partial charge in [0.15, 0.2) is 9.84 Å². The third kappa shape index (κ3) is 4.23. The molecule has 2 aromatic rings. The SMILES string of the molecule is Cc1nn([C@H]2CCS(=O)(=O)C2)c(Cl)c1/C=N\NC(=O)Nc1ccccc1. The first-order valence-corrected chi connectivity index (χ1v) is 10.2. The zero-order chi connectivity index (χ0) is 18.7. The number of carbonyl (C=O) groups excluding carboxylic acids is 1. The number of nitrogens with one attached hydrogen (secondary N) is 2. The Hall–Kier alpha value is -2.39. The van der Waals surface area contributed by atoms with Crippen molar-refractivity contribution in [1.29, 1.82) is 0 Å². The molecule has 1 saturated heterocycles. The van der Waals surface area contributed by atoms with Gasteiger partial charge in [-0.05, 0) is 25.5 Å². The zero-order valence-electron chi connectivity index (χ0n) is 14.0. The molecule has 0 bridgehead atoms. The van der Waals surface area contributed by atoms with Crippen molar-refractivity contribution in [3.63, 3.8) is 0 Å². The van der Waals surface area contributed by atoms with E-state index in [0.717, 1.165) is 0 Å². The van der Waals surface area contributed by atoms with Crippen molar-refractivity contribution >= 4 is 39.4 Å². The van der Waals surface area contributed by atoms with Gasteiger partial charge in [0.1, 0.15) is 5.15 Å². The fraction of sp³-hybridized carbons (Fsp3) is 0.312. The molecule has 1 aromatic heterocycles. The number of hydrogen-bond acceptors (Lipinski definition) is 5. The molecule has 0 radical (unpaired) electrons. The molecule has 0 saturated carbocycles. The number of anilines is 1. The Morgan fingerprint density at radius 2 is 2.12 bits per heavy atom. The van der Waals surface area contributed by atoms with Crippen LogP contribution >= 0.6 is 11.6 Å². The number of rotatable bonds is 4. The minimum atomic E-state index is -3.04. The molecule has 1 aliphatic rings. The molecule has 1 aromatic carbocycles. The predicted molar refractivity (Wildman–Crippen MR) is 100 cm³/mol. The number of urea groups is 1. The number of hydrogen-bond donors (Lipinski definition) is 2. The van der Waals surface area contributed by atoms with Crippen molar-refractivity contribution in [3.05, 3.63) is 46.7 Å². The lowest BCUT2D eigenvalue weighted by Gasteiger charge is -2.09. The molecular weight excluding hydrogens is 378 g/mol. The van der Waals surface area contributed by atoms with Crippen LogP contribution in [0.2, 0.25) is 5.15 Å². The van der Waals surface area contributed by atoms with Gasteiger partial charge < -0.3 is 5.32 Å². The zero-order valence-corrected chi connectivity index (χ0v) is 15.6. The Morgan fingerprint density at radius 1 is 1.38 bits per heavy atom. The van der Waals surface area contributed by atoms with Crippen LogP contribution in [0.1, 0.15) is 23.7 Å². The molecule has 0 aliphatic carbocycles. The number of sulfone groups is 1. The quantitative estimate of drug-likeness (QED) is 0.612. The van der Waals surface area contributed by atoms with E-state index in [2.05, 4.69) is 20.9 Å². The second-order valence-electron chi connectivity index (χ2n) is 5.98. The van der Waals surface area contributed by atoms with Crippen molar-refractivity contribution in [2.24, 2.45) is 5.10 Å². The van der Waals surface area contributed by atoms with E-state index < -0.39 is 15.9 Å². The number of nitrogens with zero attached hydrogens (tertiary/aromatic N) is 3. The van der Waals surface area contributed by atoms with E-state index in [4.69, 9.17) is 11.6 Å². The average Bonchev–Trinajstić information content (AvgIpc) is 3.09. The Balaban J connectivity index is 1.66. The van der Waals surface area contributed by atoms with E-state index in [1.807, 2.05) is 6.07 Å². The molecular formula is C16H18ClN5O3S. The summed E-state index contributed by atoms with van der Waals surface area (Å²) in [5, 5.41) is 11.1. The Kier molecular flexibility index (Phi) is 5.28. The number of halogens is 1. The van der Waals surface area contributed by atoms with Gasteiger partial charge in [-0.25, -0.2) is 23.3 Å². The highest BCUT2D eigenvalue weighted by atomic mass is 35.5. The molecule has 1 fully saturated rings. The number of hydrazone groups is 1. The van der Waals surface area contributed by atoms with Gasteiger partial charge in [-0.15, -0.1) is 0 Å². The highest BCUT2D eigenvalue weighted by Crippen LogP contribution is 2.29. The number of aryl methyl sites for hydroxylation is 1. The largest absolute Gasteiger partial charge is 0.339 e. The van der Waals surface area contributed by atoms with E-state index in [0.29, 0.717) is 28.5 Å². The van der Waals surface area contributed by atoms with Crippen LogP contribution in [-0.4, -0.2) is 41.9 Å². The fourth-order valence-corrected chi connectivity index (χ4v) is 4.78. The Morgan fingerprint density at radius 3 is 2.77 bits per heavy atom. The van der Waals surface area contributed by atoms with Crippen LogP contribution in [0, 0.1) is 6.92 Å². The summed E-state index contributed by atoms with van der Waals surface area (Å²) in [7, 11) is -3.04. The number of carbonyl (C=O) groups is 1. The first-order valence-electron chi connectivity index (χ1n) is 7.96. The van der Waals surface area contributed by atoms with Crippen LogP contribution in [0.25, 0.3) is 0 Å². The molecule has 3 rings (SSSR count). The third-order valence-electron chi connectivity index (χ3n) is 4.02. The molecule has 0 spiro atoms. The lowest BCUT2D eigenvalue weighted by molar-refractivity contribution is 0.252. The summed E-state index contributed by atoms with van der Waals surface area (Å²) in [5.41, 5.74) is 4.14. The maximum absolute atomic E-state index is 11.8. The first-order chi connectivity index (χ1) is 12.4. The second-order valence-corrected chi connectivity index (χ2v) is 8.57. The van der Waals surface area contributed by atoms with Gasteiger partial charge in [-0.1, -0.05) is 29.8 Å². The number of para-hydroxylation sites is 1. The van der Waals surface area contributed by atoms with Crippen LogP contribution in [0.5, 0.6) is 0 Å². The first kappa shape index (κ1) is 18.4. The van der Waals surface area contributed by atoms with Crippen LogP contribution in [-0.2, 0) is 9.84 Å². The van der Waals surface area contributed by atoms with Crippen molar-refractivity contribution in [2.45, 2.75) is 19.4 Å². The van der Waals surface area contributed by atoms with Crippen molar-refractivity contribution in [3.8, 4) is 0 Å². The normalized spacial score (nSPS) is 18.9. The van der Waals surface area contributed by atoms with Crippen LogP contribution in [0.3, 0.4) is 0 Å². The van der Waals surface area contributed by atoms with Crippen molar-refractivity contribution < 1.29 is 13.2 Å². The predicted octanol–water partition coefficient (Wildman–Crippen LogP) is 2.36. The van der Waals surface area contributed by atoms with Crippen LogP contribution in [0.4, 0.5) is 10.5 Å². The summed E-state index contributed by atoms with van der Waals surface area (Å²) in [6.07, 6.45) is 1.88. The molecule has 138 valence electrons. The molecule has 1 atom stereocenters. The molecule has 10 heteroatoms. The molecule has 26 heavy (non-hydrogen) atoms. The van der Waals surface area contributed by atoms with Gasteiger partial charge in [0, 0.05) is 5.69 Å². The average molecular weight is 396 g/mol. The molecule has 2 N–H and O–H groups in total. The van der Waals surface area contributed by atoms with E-state index in [1.54, 1.807) is 31.2 Å². The summed E-state index contributed by atoms with van der Waals surface area (Å²) in [5.74, 6) is 0.166. The standard InChI is InChI=1S/C16H18ClN5O3S/c1-11-14(9-18-20-16(23)19-12-5-3-2-4-6-12)15(17)22(21-11)13-7-8-26(24,25)10-13/h2-6,9,13H,7-8,10H2,1H3,(H2,19,20,23)/b18-9-/t13-/m0/s1. The van der Waals surface area contributed by atoms with E-state index >= 15 is 0 Å². The van der Waals surface area contributed by atoms with Gasteiger partial charge in [0.2, 0.25) is 0 Å². The third-order valence-corrected chi connectivity index (χ3v) is 6.14. The highest BCUT2D eigenvalue weighted by molar-refractivity contribution is 7.91. The Labute approximate surface area is 156 Å². The van der Waals surface area contributed by atoms with Gasteiger partial charge in [-0.3, -0.25) is 0 Å². The van der Waals surface area contributed by atoms with E-state index in [1.165, 1.54) is 10.9 Å². The summed E-state index contributed by atoms with van der Waals surface area (Å²) in [6.45, 7) is 1.75. The van der Waals surface area contributed by atoms with Gasteiger partial charge in [0.05, 0.1) is 35.0 Å². The molecule has 2 amide bonds. The Bertz CT molecular complexity index is 940. The van der Waals surface area contributed by atoms with Gasteiger partial charge >= 0.3 is 6.03 Å². The number of amides is 2. The van der Waals surface area contributed by atoms with E-state index in [-0.39, 0.29) is 17.5 Å². The van der Waals surface area contributed by atoms with Gasteiger partial charge in [0.25, 0.3) is 0 Å². The summed E-state index contributed by atoms with van der Waals surface area (Å²) >= 11 is 6.33. The highest BCUT2D eigenvalue weighted by Gasteiger charge is 2.31. The minimum absolute atomic E-state index is 0.0299. The van der Waals surface area contributed by atoms with Gasteiger partial charge in [-0.2, -0.15) is 10.2 Å². The van der Waals surface area contributed by atoms with Crippen molar-refractivity contribution in [2.75, 3.05) is 16.8 Å². The minimum Gasteiger partial charge on any atom is -0.307 e. The summed E-state index contributed by atoms with van der Waals surface area (Å²) < 4.78 is 24.8. The van der Waals surface area contributed by atoms with Crippen LogP contribution in [0.15, 0.2) is 35.4 Å². The summed E-state index contributed by atoms with van der Waals surface area (Å²) in [6, 6.07) is 8.20. The molecule has 2 heterocycles. The van der Waals surface area contributed by atoms with E-state index in [9.17, 15) is 13.2 Å². The second kappa shape index (κ2) is 7.46. The monoisotopic (exact) mass is 395 g/mol. The lowest BCUT2D eigenvalue weighted by Crippen LogP contribution is -2.24. The molecule has 1 aliphatic heterocycles. The summed E-state index contributed by atoms with van der Waals surface area (Å²) in [4.78, 5) is 11.8. The topological polar surface area (TPSA) is 105 Å². The molecule has 8 nitrogen and oxygen atoms in total. The smallest absolute Gasteiger partial charge is 0.307 e. The lowest BCUT2D eigenvalue weighted by atomic mass is 10.2. The van der Waals surface area contributed by atoms with Crippen molar-refractivity contribution in [1.82, 2.24) is 15.2 Å². The molecule has 0 unspecified atom stereocenters. The maximum atomic E-state index is 11.8. The number of benzene rings is 1. The fourth-order valence-electron chi connectivity index (χ4n) is 2.72. The number of aromatic nitrogens is 2. The van der Waals surface area contributed by atoms with Crippen LogP contribution < -0.4 is 10.7 Å². The maximum Gasteiger partial charge on any atom is 0.339 e.